The summed E-state index contributed by atoms with van der Waals surface area (Å²) < 4.78 is 32.0. The van der Waals surface area contributed by atoms with Gasteiger partial charge in [0.2, 0.25) is 10.0 Å². The molecule has 1 aromatic rings. The number of rotatable bonds is 3. The minimum absolute atomic E-state index is 0.0715. The van der Waals surface area contributed by atoms with Gasteiger partial charge in [-0.3, -0.25) is 0 Å². The lowest BCUT2D eigenvalue weighted by molar-refractivity contribution is 0.0902. The summed E-state index contributed by atoms with van der Waals surface area (Å²) in [4.78, 5) is 0. The van der Waals surface area contributed by atoms with Crippen LogP contribution in [0.1, 0.15) is 25.0 Å². The molecule has 0 unspecified atom stereocenters. The Balaban J connectivity index is 2.28. The van der Waals surface area contributed by atoms with Gasteiger partial charge < -0.3 is 4.74 Å². The second-order valence-corrected chi connectivity index (χ2v) is 7.77. The lowest BCUT2D eigenvalue weighted by Gasteiger charge is -2.31. The van der Waals surface area contributed by atoms with Gasteiger partial charge >= 0.3 is 0 Å². The van der Waals surface area contributed by atoms with E-state index in [4.69, 9.17) is 4.74 Å². The molecule has 20 heavy (non-hydrogen) atoms. The largest absolute Gasteiger partial charge is 0.379 e. The van der Waals surface area contributed by atoms with Crippen LogP contribution in [-0.4, -0.2) is 37.7 Å². The van der Waals surface area contributed by atoms with E-state index in [1.165, 1.54) is 5.56 Å². The molecule has 0 aromatic heterocycles. The van der Waals surface area contributed by atoms with Crippen LogP contribution in [0.3, 0.4) is 0 Å². The van der Waals surface area contributed by atoms with Crippen LogP contribution >= 0.6 is 0 Å². The molecule has 1 aliphatic rings. The summed E-state index contributed by atoms with van der Waals surface area (Å²) in [6.45, 7) is 7.29. The Kier molecular flexibility index (Phi) is 4.83. The number of nitrogens with zero attached hydrogens (tertiary/aromatic N) is 1. The van der Waals surface area contributed by atoms with Crippen molar-refractivity contribution >= 4 is 10.0 Å². The number of hydrogen-bond donors (Lipinski definition) is 0. The van der Waals surface area contributed by atoms with E-state index >= 15 is 0 Å². The highest BCUT2D eigenvalue weighted by Gasteiger charge is 2.34. The van der Waals surface area contributed by atoms with Crippen LogP contribution in [-0.2, 0) is 21.3 Å². The Morgan fingerprint density at radius 1 is 1.30 bits per heavy atom. The first-order chi connectivity index (χ1) is 9.40. The maximum atomic E-state index is 12.4. The number of sulfonamides is 1. The van der Waals surface area contributed by atoms with E-state index in [2.05, 4.69) is 0 Å². The molecule has 1 atom stereocenters. The third-order valence-corrected chi connectivity index (χ3v) is 5.53. The average molecular weight is 297 g/mol. The van der Waals surface area contributed by atoms with Gasteiger partial charge in [0.05, 0.1) is 25.0 Å². The van der Waals surface area contributed by atoms with E-state index < -0.39 is 10.0 Å². The van der Waals surface area contributed by atoms with Crippen LogP contribution in [0, 0.1) is 12.8 Å². The maximum Gasteiger partial charge on any atom is 0.217 e. The summed E-state index contributed by atoms with van der Waals surface area (Å²) in [5.74, 6) is 0.301. The molecule has 0 radical (unpaired) electrons. The lowest BCUT2D eigenvalue weighted by atomic mass is 10.0. The zero-order chi connectivity index (χ0) is 14.8. The zero-order valence-electron chi connectivity index (χ0n) is 12.4. The Bertz CT molecular complexity index is 537. The van der Waals surface area contributed by atoms with Gasteiger partial charge in [0.1, 0.15) is 0 Å². The Labute approximate surface area is 121 Å². The third-order valence-electron chi connectivity index (χ3n) is 3.73. The van der Waals surface area contributed by atoms with Crippen molar-refractivity contribution in [3.05, 3.63) is 35.4 Å². The van der Waals surface area contributed by atoms with Crippen molar-refractivity contribution in [1.82, 2.24) is 4.31 Å². The second-order valence-electron chi connectivity index (χ2n) is 5.73. The van der Waals surface area contributed by atoms with Gasteiger partial charge in [0, 0.05) is 6.54 Å². The first-order valence-electron chi connectivity index (χ1n) is 7.03. The molecular formula is C15H23NO3S. The van der Waals surface area contributed by atoms with Crippen molar-refractivity contribution in [1.29, 1.82) is 0 Å². The molecule has 0 bridgehead atoms. The zero-order valence-corrected chi connectivity index (χ0v) is 13.2. The Morgan fingerprint density at radius 3 is 2.55 bits per heavy atom. The van der Waals surface area contributed by atoms with Crippen molar-refractivity contribution in [2.24, 2.45) is 5.92 Å². The summed E-state index contributed by atoms with van der Waals surface area (Å²) in [5, 5.41) is 0. The fourth-order valence-corrected chi connectivity index (χ4v) is 4.01. The average Bonchev–Trinajstić information content (AvgIpc) is 2.52. The van der Waals surface area contributed by atoms with Crippen molar-refractivity contribution in [2.75, 3.05) is 19.0 Å². The van der Waals surface area contributed by atoms with Crippen LogP contribution in [0.5, 0.6) is 0 Å². The van der Waals surface area contributed by atoms with Crippen LogP contribution in [0.15, 0.2) is 24.3 Å². The van der Waals surface area contributed by atoms with Gasteiger partial charge in [-0.2, -0.15) is 4.31 Å². The summed E-state index contributed by atoms with van der Waals surface area (Å²) in [5.41, 5.74) is 2.20. The molecular weight excluding hydrogens is 274 g/mol. The van der Waals surface area contributed by atoms with E-state index in [0.29, 0.717) is 13.2 Å². The number of ether oxygens (including phenoxy) is 1. The van der Waals surface area contributed by atoms with Crippen molar-refractivity contribution in [2.45, 2.75) is 33.4 Å². The number of aryl methyl sites for hydroxylation is 1. The van der Waals surface area contributed by atoms with Gasteiger partial charge in [0.25, 0.3) is 0 Å². The molecule has 0 N–H and O–H groups in total. The number of hydrogen-bond acceptors (Lipinski definition) is 3. The van der Waals surface area contributed by atoms with Gasteiger partial charge in [-0.15, -0.1) is 0 Å². The monoisotopic (exact) mass is 297 g/mol. The molecule has 1 fully saturated rings. The summed E-state index contributed by atoms with van der Waals surface area (Å²) in [7, 11) is -3.25. The van der Waals surface area contributed by atoms with E-state index in [-0.39, 0.29) is 24.3 Å². The van der Waals surface area contributed by atoms with E-state index in [1.807, 2.05) is 45.0 Å². The molecule has 1 aromatic carbocycles. The molecule has 1 saturated heterocycles. The molecule has 4 nitrogen and oxygen atoms in total. The molecule has 0 amide bonds. The smallest absolute Gasteiger partial charge is 0.217 e. The van der Waals surface area contributed by atoms with Gasteiger partial charge in [-0.1, -0.05) is 43.7 Å². The highest BCUT2D eigenvalue weighted by molar-refractivity contribution is 7.89. The lowest BCUT2D eigenvalue weighted by Crippen LogP contribution is -2.44. The normalized spacial score (nSPS) is 23.7. The highest BCUT2D eigenvalue weighted by atomic mass is 32.2. The van der Waals surface area contributed by atoms with Gasteiger partial charge in [-0.05, 0) is 18.4 Å². The Hall–Kier alpha value is -0.910. The maximum absolute atomic E-state index is 12.4. The minimum atomic E-state index is -3.25. The van der Waals surface area contributed by atoms with Crippen molar-refractivity contribution < 1.29 is 13.2 Å². The number of benzene rings is 1. The molecule has 5 heteroatoms. The SMILES string of the molecule is Cc1ccc(CN2[C@@H](C(C)C)COCCS2(=O)=O)cc1. The molecule has 2 rings (SSSR count). The van der Waals surface area contributed by atoms with E-state index in [9.17, 15) is 8.42 Å². The quantitative estimate of drug-likeness (QED) is 0.859. The van der Waals surface area contributed by atoms with Crippen LogP contribution in [0.25, 0.3) is 0 Å². The molecule has 0 spiro atoms. The van der Waals surface area contributed by atoms with Crippen molar-refractivity contribution in [3.8, 4) is 0 Å². The van der Waals surface area contributed by atoms with Crippen LogP contribution in [0.4, 0.5) is 0 Å². The summed E-state index contributed by atoms with van der Waals surface area (Å²) >= 11 is 0. The molecule has 112 valence electrons. The molecule has 0 aliphatic carbocycles. The molecule has 1 heterocycles. The standard InChI is InChI=1S/C15H23NO3S/c1-12(2)15-11-19-8-9-20(17,18)16(15)10-14-6-4-13(3)5-7-14/h4-7,12,15H,8-11H2,1-3H3/t15-/m1/s1. The Morgan fingerprint density at radius 2 is 1.95 bits per heavy atom. The van der Waals surface area contributed by atoms with Gasteiger partial charge in [-0.25, -0.2) is 8.42 Å². The second kappa shape index (κ2) is 6.24. The van der Waals surface area contributed by atoms with E-state index in [1.54, 1.807) is 4.31 Å². The first kappa shape index (κ1) is 15.5. The first-order valence-corrected chi connectivity index (χ1v) is 8.64. The predicted molar refractivity (Wildman–Crippen MR) is 80.0 cm³/mol. The van der Waals surface area contributed by atoms with E-state index in [0.717, 1.165) is 5.56 Å². The predicted octanol–water partition coefficient (Wildman–Crippen LogP) is 2.18. The van der Waals surface area contributed by atoms with Crippen molar-refractivity contribution in [3.63, 3.8) is 0 Å². The summed E-state index contributed by atoms with van der Waals surface area (Å²) in [6, 6.07) is 7.92. The molecule has 0 saturated carbocycles. The molecule has 1 aliphatic heterocycles. The van der Waals surface area contributed by atoms with Crippen LogP contribution in [0.2, 0.25) is 0 Å². The minimum Gasteiger partial charge on any atom is -0.379 e. The fourth-order valence-electron chi connectivity index (χ4n) is 2.39. The highest BCUT2D eigenvalue weighted by Crippen LogP contribution is 2.22. The van der Waals surface area contributed by atoms with Gasteiger partial charge in [0.15, 0.2) is 0 Å². The summed E-state index contributed by atoms with van der Waals surface area (Å²) in [6.07, 6.45) is 0. The third kappa shape index (κ3) is 3.59. The van der Waals surface area contributed by atoms with Crippen LogP contribution < -0.4 is 0 Å². The topological polar surface area (TPSA) is 46.6 Å². The fraction of sp³-hybridized carbons (Fsp3) is 0.600.